The molecule has 0 aliphatic rings. The zero-order valence-corrected chi connectivity index (χ0v) is 7.94. The van der Waals surface area contributed by atoms with Gasteiger partial charge in [0.25, 0.3) is 0 Å². The first kappa shape index (κ1) is 8.58. The quantitative estimate of drug-likeness (QED) is 0.568. The molecule has 0 amide bonds. The molecule has 1 heterocycles. The smallest absolute Gasteiger partial charge is 0.111 e. The molecule has 68 valence electrons. The summed E-state index contributed by atoms with van der Waals surface area (Å²) in [5, 5.41) is 4.04. The average Bonchev–Trinajstić information content (AvgIpc) is 2.63. The van der Waals surface area contributed by atoms with Crippen LogP contribution >= 0.6 is 0 Å². The standard InChI is InChI=1S/C12H10N2/c1-14-12(9-10-13-14)8-7-11-5-3-2-4-6-11/h2-6,9-10H,1H3. The van der Waals surface area contributed by atoms with E-state index in [0.29, 0.717) is 0 Å². The molecule has 0 unspecified atom stereocenters. The minimum atomic E-state index is 0.925. The third-order valence-corrected chi connectivity index (χ3v) is 1.93. The summed E-state index contributed by atoms with van der Waals surface area (Å²) in [7, 11) is 1.88. The lowest BCUT2D eigenvalue weighted by Crippen LogP contribution is -1.92. The van der Waals surface area contributed by atoms with Gasteiger partial charge in [-0.25, -0.2) is 0 Å². The SMILES string of the molecule is Cn1nccc1C#Cc1ccccc1. The molecule has 0 fully saturated rings. The molecule has 0 bridgehead atoms. The lowest BCUT2D eigenvalue weighted by molar-refractivity contribution is 0.757. The predicted molar refractivity (Wildman–Crippen MR) is 55.6 cm³/mol. The number of hydrogen-bond acceptors (Lipinski definition) is 1. The summed E-state index contributed by atoms with van der Waals surface area (Å²) in [5.41, 5.74) is 1.95. The third kappa shape index (κ3) is 1.83. The second-order valence-corrected chi connectivity index (χ2v) is 2.96. The van der Waals surface area contributed by atoms with Gasteiger partial charge in [-0.1, -0.05) is 24.1 Å². The highest BCUT2D eigenvalue weighted by molar-refractivity contribution is 5.39. The van der Waals surface area contributed by atoms with E-state index in [4.69, 9.17) is 0 Å². The van der Waals surface area contributed by atoms with Crippen LogP contribution in [0.4, 0.5) is 0 Å². The maximum atomic E-state index is 4.04. The van der Waals surface area contributed by atoms with Gasteiger partial charge in [-0.2, -0.15) is 5.10 Å². The summed E-state index contributed by atoms with van der Waals surface area (Å²) in [6, 6.07) is 11.8. The fourth-order valence-electron chi connectivity index (χ4n) is 1.15. The highest BCUT2D eigenvalue weighted by Crippen LogP contribution is 1.97. The Kier molecular flexibility index (Phi) is 2.33. The van der Waals surface area contributed by atoms with E-state index in [1.165, 1.54) is 0 Å². The summed E-state index contributed by atoms with van der Waals surface area (Å²) in [5.74, 6) is 6.14. The topological polar surface area (TPSA) is 17.8 Å². The molecule has 14 heavy (non-hydrogen) atoms. The molecule has 0 spiro atoms. The lowest BCUT2D eigenvalue weighted by Gasteiger charge is -1.90. The van der Waals surface area contributed by atoms with Crippen molar-refractivity contribution in [1.29, 1.82) is 0 Å². The van der Waals surface area contributed by atoms with E-state index < -0.39 is 0 Å². The number of benzene rings is 1. The summed E-state index contributed by atoms with van der Waals surface area (Å²) >= 11 is 0. The molecule has 2 aromatic rings. The monoisotopic (exact) mass is 182 g/mol. The Hall–Kier alpha value is -2.01. The number of rotatable bonds is 0. The van der Waals surface area contributed by atoms with Crippen LogP contribution in [-0.4, -0.2) is 9.78 Å². The summed E-state index contributed by atoms with van der Waals surface area (Å²) in [6.07, 6.45) is 1.75. The first-order valence-electron chi connectivity index (χ1n) is 4.41. The van der Waals surface area contributed by atoms with Crippen LogP contribution in [0.25, 0.3) is 0 Å². The van der Waals surface area contributed by atoms with E-state index in [0.717, 1.165) is 11.3 Å². The molecular formula is C12H10N2. The molecule has 0 saturated heterocycles. The zero-order chi connectivity index (χ0) is 9.80. The van der Waals surface area contributed by atoms with Gasteiger partial charge in [0.05, 0.1) is 6.20 Å². The first-order chi connectivity index (χ1) is 6.86. The molecule has 0 radical (unpaired) electrons. The van der Waals surface area contributed by atoms with Crippen LogP contribution in [0.2, 0.25) is 0 Å². The van der Waals surface area contributed by atoms with Gasteiger partial charge in [0, 0.05) is 12.6 Å². The second kappa shape index (κ2) is 3.80. The van der Waals surface area contributed by atoms with Gasteiger partial charge in [-0.05, 0) is 24.1 Å². The van der Waals surface area contributed by atoms with Gasteiger partial charge in [-0.15, -0.1) is 0 Å². The molecule has 1 aromatic carbocycles. The lowest BCUT2D eigenvalue weighted by atomic mass is 10.2. The number of aromatic nitrogens is 2. The Bertz CT molecular complexity index is 472. The number of hydrogen-bond donors (Lipinski definition) is 0. The minimum absolute atomic E-state index is 0.925. The Morgan fingerprint density at radius 3 is 2.50 bits per heavy atom. The third-order valence-electron chi connectivity index (χ3n) is 1.93. The van der Waals surface area contributed by atoms with Gasteiger partial charge < -0.3 is 0 Å². The van der Waals surface area contributed by atoms with Crippen molar-refractivity contribution in [2.24, 2.45) is 7.05 Å². The fraction of sp³-hybridized carbons (Fsp3) is 0.0833. The van der Waals surface area contributed by atoms with Gasteiger partial charge in [0.2, 0.25) is 0 Å². The van der Waals surface area contributed by atoms with Gasteiger partial charge in [-0.3, -0.25) is 4.68 Å². The summed E-state index contributed by atoms with van der Waals surface area (Å²) in [4.78, 5) is 0. The van der Waals surface area contributed by atoms with E-state index in [2.05, 4.69) is 16.9 Å². The first-order valence-corrected chi connectivity index (χ1v) is 4.41. The minimum Gasteiger partial charge on any atom is -0.260 e. The predicted octanol–water partition coefficient (Wildman–Crippen LogP) is 1.82. The number of aryl methyl sites for hydroxylation is 1. The van der Waals surface area contributed by atoms with Crippen molar-refractivity contribution in [3.63, 3.8) is 0 Å². The van der Waals surface area contributed by atoms with Crippen LogP contribution in [0.1, 0.15) is 11.3 Å². The van der Waals surface area contributed by atoms with Crippen molar-refractivity contribution < 1.29 is 0 Å². The van der Waals surface area contributed by atoms with Crippen LogP contribution in [0.5, 0.6) is 0 Å². The van der Waals surface area contributed by atoms with E-state index >= 15 is 0 Å². The van der Waals surface area contributed by atoms with Crippen LogP contribution in [-0.2, 0) is 7.05 Å². The van der Waals surface area contributed by atoms with Crippen molar-refractivity contribution >= 4 is 0 Å². The zero-order valence-electron chi connectivity index (χ0n) is 7.94. The van der Waals surface area contributed by atoms with Gasteiger partial charge in [0.1, 0.15) is 5.69 Å². The maximum Gasteiger partial charge on any atom is 0.111 e. The molecule has 0 N–H and O–H groups in total. The Morgan fingerprint density at radius 1 is 1.07 bits per heavy atom. The van der Waals surface area contributed by atoms with E-state index in [1.54, 1.807) is 10.9 Å². The van der Waals surface area contributed by atoms with Crippen molar-refractivity contribution in [3.8, 4) is 11.8 Å². The molecule has 2 nitrogen and oxygen atoms in total. The van der Waals surface area contributed by atoms with Crippen LogP contribution < -0.4 is 0 Å². The maximum absolute atomic E-state index is 4.04. The Labute approximate surface area is 83.2 Å². The molecule has 0 saturated carbocycles. The molecule has 1 aromatic heterocycles. The van der Waals surface area contributed by atoms with Crippen LogP contribution in [0, 0.1) is 11.8 Å². The highest BCUT2D eigenvalue weighted by atomic mass is 15.2. The van der Waals surface area contributed by atoms with Crippen molar-refractivity contribution in [1.82, 2.24) is 9.78 Å². The molecule has 2 heteroatoms. The van der Waals surface area contributed by atoms with Crippen LogP contribution in [0.3, 0.4) is 0 Å². The molecular weight excluding hydrogens is 172 g/mol. The second-order valence-electron chi connectivity index (χ2n) is 2.96. The highest BCUT2D eigenvalue weighted by Gasteiger charge is 1.90. The summed E-state index contributed by atoms with van der Waals surface area (Å²) < 4.78 is 1.76. The van der Waals surface area contributed by atoms with Crippen molar-refractivity contribution in [2.75, 3.05) is 0 Å². The van der Waals surface area contributed by atoms with E-state index in [-0.39, 0.29) is 0 Å². The van der Waals surface area contributed by atoms with Crippen molar-refractivity contribution in [2.45, 2.75) is 0 Å². The Balaban J connectivity index is 2.28. The van der Waals surface area contributed by atoms with E-state index in [9.17, 15) is 0 Å². The molecule has 0 aliphatic carbocycles. The van der Waals surface area contributed by atoms with Crippen molar-refractivity contribution in [3.05, 3.63) is 53.9 Å². The van der Waals surface area contributed by atoms with Crippen LogP contribution in [0.15, 0.2) is 42.6 Å². The van der Waals surface area contributed by atoms with Gasteiger partial charge in [0.15, 0.2) is 0 Å². The normalized spacial score (nSPS) is 9.21. The Morgan fingerprint density at radius 2 is 1.86 bits per heavy atom. The molecule has 2 rings (SSSR count). The number of nitrogens with zero attached hydrogens (tertiary/aromatic N) is 2. The molecule has 0 aliphatic heterocycles. The average molecular weight is 182 g/mol. The van der Waals surface area contributed by atoms with E-state index in [1.807, 2.05) is 43.4 Å². The van der Waals surface area contributed by atoms with Gasteiger partial charge >= 0.3 is 0 Å². The molecule has 0 atom stereocenters. The largest absolute Gasteiger partial charge is 0.260 e. The fourth-order valence-corrected chi connectivity index (χ4v) is 1.15. The summed E-state index contributed by atoms with van der Waals surface area (Å²) in [6.45, 7) is 0.